The van der Waals surface area contributed by atoms with E-state index in [1.54, 1.807) is 16.3 Å². The van der Waals surface area contributed by atoms with Crippen LogP contribution >= 0.6 is 11.8 Å². The Kier molecular flexibility index (Phi) is 3.49. The third-order valence-electron chi connectivity index (χ3n) is 2.29. The number of pyridine rings is 1. The molecule has 0 spiro atoms. The van der Waals surface area contributed by atoms with E-state index in [1.165, 1.54) is 19.4 Å². The molecule has 0 aliphatic rings. The lowest BCUT2D eigenvalue weighted by Crippen LogP contribution is -2.30. The van der Waals surface area contributed by atoms with Gasteiger partial charge < -0.3 is 9.15 Å². The Morgan fingerprint density at radius 2 is 2.06 bits per heavy atom. The number of thioether (sulfide) groups is 1. The first kappa shape index (κ1) is 11.7. The van der Waals surface area contributed by atoms with Crippen molar-refractivity contribution < 1.29 is 13.7 Å². The fraction of sp³-hybridized carbons (Fsp3) is 0.167. The molecule has 0 saturated carbocycles. The van der Waals surface area contributed by atoms with Crippen molar-refractivity contribution in [2.24, 2.45) is 0 Å². The summed E-state index contributed by atoms with van der Waals surface area (Å²) in [4.78, 5) is 12.7. The zero-order chi connectivity index (χ0) is 12.3. The van der Waals surface area contributed by atoms with Crippen LogP contribution in [0.5, 0.6) is 5.75 Å². The molecule has 0 atom stereocenters. The smallest absolute Gasteiger partial charge is 0.382 e. The van der Waals surface area contributed by atoms with Crippen LogP contribution in [0.3, 0.4) is 0 Å². The van der Waals surface area contributed by atoms with Gasteiger partial charge in [-0.2, -0.15) is 0 Å². The Balaban J connectivity index is 2.39. The minimum Gasteiger partial charge on any atom is -0.490 e. The van der Waals surface area contributed by atoms with E-state index in [2.05, 4.69) is 0 Å². The summed E-state index contributed by atoms with van der Waals surface area (Å²) in [5, 5.41) is 0. The van der Waals surface area contributed by atoms with Gasteiger partial charge in [0.2, 0.25) is 11.2 Å². The lowest BCUT2D eigenvalue weighted by Gasteiger charge is -1.98. The molecule has 2 aromatic heterocycles. The van der Waals surface area contributed by atoms with Gasteiger partial charge in [-0.1, -0.05) is 0 Å². The van der Waals surface area contributed by atoms with Crippen molar-refractivity contribution >= 4 is 11.8 Å². The fourth-order valence-corrected chi connectivity index (χ4v) is 1.76. The van der Waals surface area contributed by atoms with Crippen LogP contribution < -0.4 is 14.7 Å². The second kappa shape index (κ2) is 5.05. The van der Waals surface area contributed by atoms with Crippen molar-refractivity contribution in [3.8, 4) is 11.6 Å². The minimum atomic E-state index is -0.199. The van der Waals surface area contributed by atoms with E-state index < -0.39 is 0 Å². The molecule has 0 N–H and O–H groups in total. The zero-order valence-corrected chi connectivity index (χ0v) is 10.4. The predicted molar refractivity (Wildman–Crippen MR) is 64.8 cm³/mol. The van der Waals surface area contributed by atoms with Gasteiger partial charge in [-0.25, -0.2) is 0 Å². The number of aromatic nitrogens is 1. The van der Waals surface area contributed by atoms with Crippen molar-refractivity contribution in [1.29, 1.82) is 0 Å². The van der Waals surface area contributed by atoms with Crippen LogP contribution in [0, 0.1) is 0 Å². The van der Waals surface area contributed by atoms with E-state index in [0.717, 1.165) is 4.90 Å². The van der Waals surface area contributed by atoms with E-state index in [9.17, 15) is 4.79 Å². The van der Waals surface area contributed by atoms with Crippen LogP contribution in [0.4, 0.5) is 0 Å². The molecule has 88 valence electrons. The molecular formula is C12H12NO3S+. The van der Waals surface area contributed by atoms with Crippen molar-refractivity contribution in [2.75, 3.05) is 13.4 Å². The molecule has 5 heteroatoms. The average molecular weight is 250 g/mol. The molecule has 0 bridgehead atoms. The molecule has 2 rings (SSSR count). The summed E-state index contributed by atoms with van der Waals surface area (Å²) < 4.78 is 11.9. The molecule has 2 heterocycles. The topological polar surface area (TPSA) is 43.3 Å². The predicted octanol–water partition coefficient (Wildman–Crippen LogP) is 1.65. The van der Waals surface area contributed by atoms with E-state index in [1.807, 2.05) is 30.8 Å². The molecule has 0 aliphatic carbocycles. The highest BCUT2D eigenvalue weighted by atomic mass is 32.2. The second-order valence-corrected chi connectivity index (χ2v) is 4.18. The van der Waals surface area contributed by atoms with E-state index in [0.29, 0.717) is 5.88 Å². The van der Waals surface area contributed by atoms with Crippen molar-refractivity contribution in [3.63, 3.8) is 0 Å². The quantitative estimate of drug-likeness (QED) is 0.613. The van der Waals surface area contributed by atoms with E-state index >= 15 is 0 Å². The van der Waals surface area contributed by atoms with Gasteiger partial charge in [0.05, 0.1) is 7.11 Å². The molecule has 0 fully saturated rings. The number of nitrogens with zero attached hydrogens (tertiary/aromatic N) is 1. The summed E-state index contributed by atoms with van der Waals surface area (Å²) in [6.07, 6.45) is 7.01. The summed E-state index contributed by atoms with van der Waals surface area (Å²) in [7, 11) is 1.44. The number of hydrogen-bond donors (Lipinski definition) is 0. The monoisotopic (exact) mass is 250 g/mol. The molecule has 0 aliphatic heterocycles. The fourth-order valence-electron chi connectivity index (χ4n) is 1.37. The third kappa shape index (κ3) is 2.50. The maximum atomic E-state index is 11.6. The zero-order valence-electron chi connectivity index (χ0n) is 9.54. The molecule has 17 heavy (non-hydrogen) atoms. The number of ether oxygens (including phenoxy) is 1. The van der Waals surface area contributed by atoms with Crippen molar-refractivity contribution in [1.82, 2.24) is 0 Å². The van der Waals surface area contributed by atoms with Gasteiger partial charge in [-0.3, -0.25) is 4.79 Å². The van der Waals surface area contributed by atoms with Gasteiger partial charge in [0, 0.05) is 17.0 Å². The Morgan fingerprint density at radius 3 is 2.59 bits per heavy atom. The standard InChI is InChI=1S/C12H12NO3S/c1-15-11-8-16-12(7-10(11)14)13-5-3-9(17-2)4-6-13/h3-8H,1-2H3/q+1. The minimum absolute atomic E-state index is 0.199. The normalized spacial score (nSPS) is 10.2. The Hall–Kier alpha value is -1.75. The molecule has 0 radical (unpaired) electrons. The van der Waals surface area contributed by atoms with Crippen LogP contribution in [-0.4, -0.2) is 13.4 Å². The summed E-state index contributed by atoms with van der Waals surface area (Å²) >= 11 is 1.66. The van der Waals surface area contributed by atoms with Crippen LogP contribution in [-0.2, 0) is 0 Å². The van der Waals surface area contributed by atoms with Crippen LogP contribution in [0.15, 0.2) is 51.0 Å². The molecular weight excluding hydrogens is 238 g/mol. The van der Waals surface area contributed by atoms with Gasteiger partial charge in [-0.05, 0) is 6.26 Å². The van der Waals surface area contributed by atoms with Crippen LogP contribution in [0.25, 0.3) is 5.88 Å². The van der Waals surface area contributed by atoms with E-state index in [-0.39, 0.29) is 11.2 Å². The van der Waals surface area contributed by atoms with Gasteiger partial charge in [0.25, 0.3) is 0 Å². The van der Waals surface area contributed by atoms with Gasteiger partial charge in [0.15, 0.2) is 12.4 Å². The number of rotatable bonds is 3. The maximum absolute atomic E-state index is 11.6. The Bertz CT molecular complexity index is 563. The Labute approximate surface area is 103 Å². The summed E-state index contributed by atoms with van der Waals surface area (Å²) in [5.41, 5.74) is -0.199. The van der Waals surface area contributed by atoms with E-state index in [4.69, 9.17) is 9.15 Å². The number of methoxy groups -OCH3 is 1. The Morgan fingerprint density at radius 1 is 1.35 bits per heavy atom. The van der Waals surface area contributed by atoms with Gasteiger partial charge >= 0.3 is 5.88 Å². The first-order chi connectivity index (χ1) is 8.24. The van der Waals surface area contributed by atoms with Gasteiger partial charge in [0.1, 0.15) is 12.3 Å². The molecule has 0 amide bonds. The van der Waals surface area contributed by atoms with Crippen molar-refractivity contribution in [2.45, 2.75) is 4.90 Å². The molecule has 0 saturated heterocycles. The molecule has 0 unspecified atom stereocenters. The number of hydrogen-bond acceptors (Lipinski definition) is 4. The summed E-state index contributed by atoms with van der Waals surface area (Å²) in [6, 6.07) is 5.31. The highest BCUT2D eigenvalue weighted by Gasteiger charge is 2.11. The molecule has 4 nitrogen and oxygen atoms in total. The first-order valence-corrected chi connectivity index (χ1v) is 6.19. The van der Waals surface area contributed by atoms with Crippen molar-refractivity contribution in [3.05, 3.63) is 47.1 Å². The largest absolute Gasteiger partial charge is 0.490 e. The van der Waals surface area contributed by atoms with Gasteiger partial charge in [-0.15, -0.1) is 16.3 Å². The third-order valence-corrected chi connectivity index (χ3v) is 3.04. The lowest BCUT2D eigenvalue weighted by molar-refractivity contribution is -0.610. The highest BCUT2D eigenvalue weighted by Crippen LogP contribution is 2.11. The first-order valence-electron chi connectivity index (χ1n) is 4.97. The average Bonchev–Trinajstić information content (AvgIpc) is 2.39. The van der Waals surface area contributed by atoms with Crippen LogP contribution in [0.1, 0.15) is 0 Å². The highest BCUT2D eigenvalue weighted by molar-refractivity contribution is 7.98. The molecule has 2 aromatic rings. The molecule has 0 aromatic carbocycles. The van der Waals surface area contributed by atoms with Crippen LogP contribution in [0.2, 0.25) is 0 Å². The lowest BCUT2D eigenvalue weighted by atomic mass is 10.4. The maximum Gasteiger partial charge on any atom is 0.382 e. The SMILES string of the molecule is COc1coc(-[n+]2ccc(SC)cc2)cc1=O. The summed E-state index contributed by atoms with van der Waals surface area (Å²) in [6.45, 7) is 0. The summed E-state index contributed by atoms with van der Waals surface area (Å²) in [5.74, 6) is 0.665. The second-order valence-electron chi connectivity index (χ2n) is 3.30.